The van der Waals surface area contributed by atoms with Crippen molar-refractivity contribution in [2.45, 2.75) is 32.9 Å². The monoisotopic (exact) mass is 275 g/mol. The van der Waals surface area contributed by atoms with Crippen LogP contribution in [0.3, 0.4) is 0 Å². The molecule has 4 heteroatoms. The van der Waals surface area contributed by atoms with Crippen LogP contribution in [-0.4, -0.2) is 32.1 Å². The normalized spacial score (nSPS) is 21.4. The van der Waals surface area contributed by atoms with Gasteiger partial charge in [0.1, 0.15) is 0 Å². The quantitative estimate of drug-likeness (QED) is 0.781. The summed E-state index contributed by atoms with van der Waals surface area (Å²) in [4.78, 5) is 11.5. The van der Waals surface area contributed by atoms with Gasteiger partial charge in [-0.2, -0.15) is 0 Å². The van der Waals surface area contributed by atoms with E-state index < -0.39 is 0 Å². The van der Waals surface area contributed by atoms with E-state index >= 15 is 0 Å². The summed E-state index contributed by atoms with van der Waals surface area (Å²) in [6.45, 7) is 7.58. The second kappa shape index (κ2) is 6.37. The fourth-order valence-electron chi connectivity index (χ4n) is 2.71. The zero-order chi connectivity index (χ0) is 14.6. The largest absolute Gasteiger partial charge is 0.355 e. The van der Waals surface area contributed by atoms with Gasteiger partial charge in [-0.15, -0.1) is 0 Å². The minimum Gasteiger partial charge on any atom is -0.355 e. The molecule has 0 aliphatic carbocycles. The molecule has 1 aromatic rings. The van der Waals surface area contributed by atoms with Gasteiger partial charge >= 0.3 is 0 Å². The SMILES string of the molecule is CNC(=O)c1ccc(CNC2CCNCC2(C)C)cc1. The molecule has 3 N–H and O–H groups in total. The zero-order valence-electron chi connectivity index (χ0n) is 12.6. The van der Waals surface area contributed by atoms with Crippen molar-refractivity contribution >= 4 is 5.91 Å². The molecule has 1 saturated heterocycles. The average molecular weight is 275 g/mol. The number of piperidine rings is 1. The summed E-state index contributed by atoms with van der Waals surface area (Å²) >= 11 is 0. The molecule has 1 heterocycles. The van der Waals surface area contributed by atoms with Gasteiger partial charge in [0.05, 0.1) is 0 Å². The molecule has 1 aromatic carbocycles. The maximum Gasteiger partial charge on any atom is 0.251 e. The Bertz CT molecular complexity index is 453. The van der Waals surface area contributed by atoms with E-state index in [9.17, 15) is 4.79 Å². The van der Waals surface area contributed by atoms with Crippen molar-refractivity contribution in [3.05, 3.63) is 35.4 Å². The predicted molar refractivity (Wildman–Crippen MR) is 81.7 cm³/mol. The first kappa shape index (κ1) is 15.0. The molecule has 1 aliphatic rings. The second-order valence-corrected chi connectivity index (χ2v) is 6.16. The van der Waals surface area contributed by atoms with Gasteiger partial charge in [0.2, 0.25) is 0 Å². The van der Waals surface area contributed by atoms with Crippen LogP contribution in [0.1, 0.15) is 36.2 Å². The van der Waals surface area contributed by atoms with Crippen molar-refractivity contribution in [1.82, 2.24) is 16.0 Å². The van der Waals surface area contributed by atoms with Crippen LogP contribution in [0.15, 0.2) is 24.3 Å². The molecule has 1 fully saturated rings. The van der Waals surface area contributed by atoms with E-state index in [4.69, 9.17) is 0 Å². The first-order valence-corrected chi connectivity index (χ1v) is 7.28. The third-order valence-corrected chi connectivity index (χ3v) is 4.13. The lowest BCUT2D eigenvalue weighted by Gasteiger charge is -2.39. The van der Waals surface area contributed by atoms with E-state index in [1.54, 1.807) is 7.05 Å². The van der Waals surface area contributed by atoms with E-state index in [2.05, 4.69) is 29.8 Å². The van der Waals surface area contributed by atoms with E-state index in [0.717, 1.165) is 26.1 Å². The maximum absolute atomic E-state index is 11.5. The molecule has 0 aromatic heterocycles. The molecule has 2 rings (SSSR count). The Morgan fingerprint density at radius 1 is 1.35 bits per heavy atom. The van der Waals surface area contributed by atoms with Gasteiger partial charge in [-0.3, -0.25) is 4.79 Å². The van der Waals surface area contributed by atoms with E-state index in [1.807, 2.05) is 24.3 Å². The van der Waals surface area contributed by atoms with E-state index in [-0.39, 0.29) is 11.3 Å². The maximum atomic E-state index is 11.5. The lowest BCUT2D eigenvalue weighted by molar-refractivity contribution is 0.0963. The fourth-order valence-corrected chi connectivity index (χ4v) is 2.71. The van der Waals surface area contributed by atoms with Gasteiger partial charge in [0.25, 0.3) is 5.91 Å². The summed E-state index contributed by atoms with van der Waals surface area (Å²) in [5.41, 5.74) is 2.20. The molecule has 0 spiro atoms. The molecule has 0 saturated carbocycles. The Morgan fingerprint density at radius 3 is 2.65 bits per heavy atom. The fraction of sp³-hybridized carbons (Fsp3) is 0.562. The highest BCUT2D eigenvalue weighted by atomic mass is 16.1. The van der Waals surface area contributed by atoms with Crippen LogP contribution >= 0.6 is 0 Å². The van der Waals surface area contributed by atoms with Gasteiger partial charge in [-0.25, -0.2) is 0 Å². The first-order chi connectivity index (χ1) is 9.53. The molecule has 1 atom stereocenters. The minimum absolute atomic E-state index is 0.0380. The number of carbonyl (C=O) groups excluding carboxylic acids is 1. The number of benzene rings is 1. The summed E-state index contributed by atoms with van der Waals surface area (Å²) in [5, 5.41) is 9.73. The van der Waals surface area contributed by atoms with Crippen LogP contribution in [0.2, 0.25) is 0 Å². The van der Waals surface area contributed by atoms with Gasteiger partial charge in [0.15, 0.2) is 0 Å². The summed E-state index contributed by atoms with van der Waals surface area (Å²) in [6, 6.07) is 8.33. The Balaban J connectivity index is 1.92. The minimum atomic E-state index is -0.0380. The molecule has 110 valence electrons. The van der Waals surface area contributed by atoms with Crippen LogP contribution in [0.25, 0.3) is 0 Å². The van der Waals surface area contributed by atoms with Crippen LogP contribution in [0.5, 0.6) is 0 Å². The Hall–Kier alpha value is -1.39. The number of hydrogen-bond donors (Lipinski definition) is 3. The van der Waals surface area contributed by atoms with Gasteiger partial charge in [0, 0.05) is 31.7 Å². The Kier molecular flexibility index (Phi) is 4.78. The molecule has 4 nitrogen and oxygen atoms in total. The standard InChI is InChI=1S/C16H25N3O/c1-16(2)11-18-9-8-14(16)19-10-12-4-6-13(7-5-12)15(20)17-3/h4-7,14,18-19H,8-11H2,1-3H3,(H,17,20). The molecular formula is C16H25N3O. The van der Waals surface area contributed by atoms with Crippen LogP contribution in [-0.2, 0) is 6.54 Å². The molecular weight excluding hydrogens is 250 g/mol. The highest BCUT2D eigenvalue weighted by Gasteiger charge is 2.31. The third kappa shape index (κ3) is 3.58. The molecule has 0 bridgehead atoms. The lowest BCUT2D eigenvalue weighted by atomic mass is 9.80. The molecule has 20 heavy (non-hydrogen) atoms. The Morgan fingerprint density at radius 2 is 2.05 bits per heavy atom. The predicted octanol–water partition coefficient (Wildman–Crippen LogP) is 1.52. The van der Waals surface area contributed by atoms with E-state index in [1.165, 1.54) is 5.56 Å². The molecule has 0 radical (unpaired) electrons. The second-order valence-electron chi connectivity index (χ2n) is 6.16. The molecule has 1 unspecified atom stereocenters. The zero-order valence-corrected chi connectivity index (χ0v) is 12.6. The lowest BCUT2D eigenvalue weighted by Crippen LogP contribution is -2.52. The highest BCUT2D eigenvalue weighted by Crippen LogP contribution is 2.25. The highest BCUT2D eigenvalue weighted by molar-refractivity contribution is 5.93. The molecule has 1 amide bonds. The first-order valence-electron chi connectivity index (χ1n) is 7.28. The summed E-state index contributed by atoms with van der Waals surface area (Å²) in [7, 11) is 1.65. The van der Waals surface area contributed by atoms with Crippen LogP contribution in [0, 0.1) is 5.41 Å². The van der Waals surface area contributed by atoms with Crippen molar-refractivity contribution in [2.24, 2.45) is 5.41 Å². The van der Waals surface area contributed by atoms with Crippen molar-refractivity contribution in [1.29, 1.82) is 0 Å². The smallest absolute Gasteiger partial charge is 0.251 e. The summed E-state index contributed by atoms with van der Waals surface area (Å²) in [6.07, 6.45) is 1.16. The topological polar surface area (TPSA) is 53.2 Å². The third-order valence-electron chi connectivity index (χ3n) is 4.13. The number of hydrogen-bond acceptors (Lipinski definition) is 3. The number of carbonyl (C=O) groups is 1. The average Bonchev–Trinajstić information content (AvgIpc) is 2.45. The Labute approximate surface area is 121 Å². The van der Waals surface area contributed by atoms with Crippen molar-refractivity contribution in [3.8, 4) is 0 Å². The van der Waals surface area contributed by atoms with Crippen LogP contribution in [0.4, 0.5) is 0 Å². The molecule has 1 aliphatic heterocycles. The number of amides is 1. The number of rotatable bonds is 4. The van der Waals surface area contributed by atoms with Crippen molar-refractivity contribution < 1.29 is 4.79 Å². The summed E-state index contributed by atoms with van der Waals surface area (Å²) < 4.78 is 0. The van der Waals surface area contributed by atoms with Crippen LogP contribution < -0.4 is 16.0 Å². The summed E-state index contributed by atoms with van der Waals surface area (Å²) in [5.74, 6) is -0.0380. The van der Waals surface area contributed by atoms with Gasteiger partial charge in [-0.05, 0) is 36.1 Å². The van der Waals surface area contributed by atoms with Gasteiger partial charge < -0.3 is 16.0 Å². The number of nitrogens with one attached hydrogen (secondary N) is 3. The van der Waals surface area contributed by atoms with Crippen molar-refractivity contribution in [2.75, 3.05) is 20.1 Å². The van der Waals surface area contributed by atoms with Gasteiger partial charge in [-0.1, -0.05) is 26.0 Å². The van der Waals surface area contributed by atoms with E-state index in [0.29, 0.717) is 11.6 Å². The van der Waals surface area contributed by atoms with Crippen molar-refractivity contribution in [3.63, 3.8) is 0 Å².